The number of hydrogen-bond donors (Lipinski definition) is 1. The summed E-state index contributed by atoms with van der Waals surface area (Å²) in [6.45, 7) is 8.85. The number of morpholine rings is 1. The third-order valence-electron chi connectivity index (χ3n) is 6.49. The Kier molecular flexibility index (Phi) is 4.85. The maximum Gasteiger partial charge on any atom is 0.120 e. The molecular weight excluding hydrogens is 350 g/mol. The fourth-order valence-electron chi connectivity index (χ4n) is 5.33. The van der Waals surface area contributed by atoms with Crippen molar-refractivity contribution in [1.82, 2.24) is 14.7 Å². The third kappa shape index (κ3) is 3.44. The number of phenols is 1. The minimum Gasteiger partial charge on any atom is -0.508 e. The van der Waals surface area contributed by atoms with E-state index in [2.05, 4.69) is 45.0 Å². The highest BCUT2D eigenvalue weighted by molar-refractivity contribution is 5.32. The van der Waals surface area contributed by atoms with Crippen LogP contribution in [0.1, 0.15) is 11.1 Å². The summed E-state index contributed by atoms with van der Waals surface area (Å²) in [6, 6.07) is 19.0. The van der Waals surface area contributed by atoms with Crippen LogP contribution in [0.2, 0.25) is 0 Å². The number of aromatic hydroxyl groups is 1. The Morgan fingerprint density at radius 3 is 2.50 bits per heavy atom. The lowest BCUT2D eigenvalue weighted by Gasteiger charge is -2.63. The first-order valence-electron chi connectivity index (χ1n) is 10.3. The molecule has 3 saturated heterocycles. The highest BCUT2D eigenvalue weighted by atomic mass is 16.5. The van der Waals surface area contributed by atoms with Gasteiger partial charge in [0.15, 0.2) is 0 Å². The second kappa shape index (κ2) is 7.48. The van der Waals surface area contributed by atoms with Gasteiger partial charge in [-0.2, -0.15) is 0 Å². The molecule has 0 saturated carbocycles. The van der Waals surface area contributed by atoms with E-state index in [-0.39, 0.29) is 5.54 Å². The van der Waals surface area contributed by atoms with E-state index < -0.39 is 0 Å². The SMILES string of the molecule is Oc1ccccc1CN1CC2(CN(Cc3ccccc3)C[C@@H]3COCCN32)C1. The van der Waals surface area contributed by atoms with Gasteiger partial charge in [0, 0.05) is 57.4 Å². The summed E-state index contributed by atoms with van der Waals surface area (Å²) in [5, 5.41) is 10.1. The van der Waals surface area contributed by atoms with Gasteiger partial charge in [0.05, 0.1) is 18.8 Å². The summed E-state index contributed by atoms with van der Waals surface area (Å²) in [6.07, 6.45) is 0. The molecule has 3 aliphatic heterocycles. The van der Waals surface area contributed by atoms with Gasteiger partial charge in [-0.3, -0.25) is 14.7 Å². The van der Waals surface area contributed by atoms with Gasteiger partial charge in [-0.1, -0.05) is 48.5 Å². The van der Waals surface area contributed by atoms with Crippen LogP contribution in [0.15, 0.2) is 54.6 Å². The van der Waals surface area contributed by atoms with Crippen LogP contribution in [0, 0.1) is 0 Å². The van der Waals surface area contributed by atoms with Crippen molar-refractivity contribution < 1.29 is 9.84 Å². The van der Waals surface area contributed by atoms with Crippen molar-refractivity contribution in [3.8, 4) is 5.75 Å². The minimum absolute atomic E-state index is 0.214. The number of phenolic OH excluding ortho intramolecular Hbond substituents is 1. The first-order valence-corrected chi connectivity index (χ1v) is 10.3. The topological polar surface area (TPSA) is 39.2 Å². The molecule has 148 valence electrons. The first-order chi connectivity index (χ1) is 13.7. The van der Waals surface area contributed by atoms with E-state index in [9.17, 15) is 5.11 Å². The number of ether oxygens (including phenoxy) is 1. The van der Waals surface area contributed by atoms with Crippen molar-refractivity contribution in [3.63, 3.8) is 0 Å². The Balaban J connectivity index is 1.30. The third-order valence-corrected chi connectivity index (χ3v) is 6.49. The fourth-order valence-corrected chi connectivity index (χ4v) is 5.33. The number of nitrogens with zero attached hydrogens (tertiary/aromatic N) is 3. The Bertz CT molecular complexity index is 807. The van der Waals surface area contributed by atoms with Crippen molar-refractivity contribution in [2.75, 3.05) is 45.9 Å². The lowest BCUT2D eigenvalue weighted by molar-refractivity contribution is -0.168. The lowest BCUT2D eigenvalue weighted by atomic mass is 9.82. The van der Waals surface area contributed by atoms with E-state index >= 15 is 0 Å². The zero-order valence-electron chi connectivity index (χ0n) is 16.3. The van der Waals surface area contributed by atoms with E-state index in [0.29, 0.717) is 11.8 Å². The summed E-state index contributed by atoms with van der Waals surface area (Å²) in [5.74, 6) is 0.405. The average Bonchev–Trinajstić information content (AvgIpc) is 2.69. The largest absolute Gasteiger partial charge is 0.508 e. The molecule has 28 heavy (non-hydrogen) atoms. The van der Waals surface area contributed by atoms with Gasteiger partial charge in [0.2, 0.25) is 0 Å². The predicted molar refractivity (Wildman–Crippen MR) is 109 cm³/mol. The predicted octanol–water partition coefficient (Wildman–Crippen LogP) is 2.16. The molecule has 0 bridgehead atoms. The summed E-state index contributed by atoms with van der Waals surface area (Å²) in [7, 11) is 0. The van der Waals surface area contributed by atoms with E-state index in [1.165, 1.54) is 5.56 Å². The fraction of sp³-hybridized carbons (Fsp3) is 0.478. The molecule has 0 amide bonds. The zero-order chi connectivity index (χ0) is 19.0. The molecule has 1 atom stereocenters. The van der Waals surface area contributed by atoms with Crippen molar-refractivity contribution >= 4 is 0 Å². The molecule has 1 N–H and O–H groups in total. The van der Waals surface area contributed by atoms with Gasteiger partial charge >= 0.3 is 0 Å². The molecule has 3 aliphatic rings. The van der Waals surface area contributed by atoms with E-state index in [1.54, 1.807) is 6.07 Å². The van der Waals surface area contributed by atoms with Gasteiger partial charge in [-0.15, -0.1) is 0 Å². The standard InChI is InChI=1S/C23H29N3O2/c27-22-9-5-4-8-20(22)13-25-17-23(18-25)16-24(12-19-6-2-1-3-7-19)14-21-15-28-11-10-26(21)23/h1-9,21,27H,10-18H2/t21-/m1/s1. The molecule has 1 spiro atoms. The summed E-state index contributed by atoms with van der Waals surface area (Å²) in [5.41, 5.74) is 2.62. The number of rotatable bonds is 4. The lowest BCUT2D eigenvalue weighted by Crippen LogP contribution is -2.80. The van der Waals surface area contributed by atoms with Crippen molar-refractivity contribution in [2.45, 2.75) is 24.7 Å². The van der Waals surface area contributed by atoms with Gasteiger partial charge in [-0.25, -0.2) is 0 Å². The number of likely N-dealkylation sites (tertiary alicyclic amines) is 1. The highest BCUT2D eigenvalue weighted by Gasteiger charge is 2.53. The molecule has 0 radical (unpaired) electrons. The Morgan fingerprint density at radius 1 is 0.929 bits per heavy atom. The maximum absolute atomic E-state index is 10.1. The molecule has 3 fully saturated rings. The molecule has 5 rings (SSSR count). The van der Waals surface area contributed by atoms with E-state index in [1.807, 2.05) is 18.2 Å². The molecular formula is C23H29N3O2. The number of piperazine rings is 1. The first kappa shape index (κ1) is 18.1. The quantitative estimate of drug-likeness (QED) is 0.882. The minimum atomic E-state index is 0.214. The number of para-hydroxylation sites is 1. The molecule has 2 aromatic rings. The molecule has 3 heterocycles. The van der Waals surface area contributed by atoms with Gasteiger partial charge in [0.1, 0.15) is 5.75 Å². The zero-order valence-corrected chi connectivity index (χ0v) is 16.3. The second-order valence-electron chi connectivity index (χ2n) is 8.58. The van der Waals surface area contributed by atoms with Crippen molar-refractivity contribution in [1.29, 1.82) is 0 Å². The van der Waals surface area contributed by atoms with E-state index in [4.69, 9.17) is 4.74 Å². The summed E-state index contributed by atoms with van der Waals surface area (Å²) in [4.78, 5) is 7.80. The van der Waals surface area contributed by atoms with E-state index in [0.717, 1.165) is 64.6 Å². The van der Waals surface area contributed by atoms with Crippen molar-refractivity contribution in [3.05, 3.63) is 65.7 Å². The van der Waals surface area contributed by atoms with Gasteiger partial charge in [0.25, 0.3) is 0 Å². The van der Waals surface area contributed by atoms with Crippen LogP contribution in [0.25, 0.3) is 0 Å². The summed E-state index contributed by atoms with van der Waals surface area (Å²) >= 11 is 0. The van der Waals surface area contributed by atoms with Crippen LogP contribution in [0.5, 0.6) is 5.75 Å². The molecule has 5 heteroatoms. The Morgan fingerprint density at radius 2 is 1.68 bits per heavy atom. The summed E-state index contributed by atoms with van der Waals surface area (Å²) < 4.78 is 5.82. The maximum atomic E-state index is 10.1. The normalized spacial score (nSPS) is 25.4. The van der Waals surface area contributed by atoms with Crippen LogP contribution in [-0.4, -0.2) is 77.3 Å². The van der Waals surface area contributed by atoms with Crippen LogP contribution in [-0.2, 0) is 17.8 Å². The number of benzene rings is 2. The monoisotopic (exact) mass is 379 g/mol. The highest BCUT2D eigenvalue weighted by Crippen LogP contribution is 2.37. The van der Waals surface area contributed by atoms with Gasteiger partial charge in [-0.05, 0) is 11.6 Å². The molecule has 0 aromatic heterocycles. The Labute approximate surface area is 167 Å². The number of hydrogen-bond acceptors (Lipinski definition) is 5. The molecule has 0 aliphatic carbocycles. The van der Waals surface area contributed by atoms with Crippen LogP contribution < -0.4 is 0 Å². The van der Waals surface area contributed by atoms with Gasteiger partial charge < -0.3 is 9.84 Å². The van der Waals surface area contributed by atoms with Crippen LogP contribution in [0.3, 0.4) is 0 Å². The molecule has 0 unspecified atom stereocenters. The second-order valence-corrected chi connectivity index (χ2v) is 8.58. The molecule has 5 nitrogen and oxygen atoms in total. The van der Waals surface area contributed by atoms with Crippen molar-refractivity contribution in [2.24, 2.45) is 0 Å². The molecule has 2 aromatic carbocycles. The number of fused-ring (bicyclic) bond motifs is 2. The average molecular weight is 380 g/mol. The van der Waals surface area contributed by atoms with Crippen LogP contribution in [0.4, 0.5) is 0 Å². The Hall–Kier alpha value is -1.92. The smallest absolute Gasteiger partial charge is 0.120 e. The van der Waals surface area contributed by atoms with Crippen LogP contribution >= 0.6 is 0 Å².